The molecule has 0 spiro atoms. The molecule has 25 heteroatoms. The highest BCUT2D eigenvalue weighted by molar-refractivity contribution is 6.03. The van der Waals surface area contributed by atoms with Crippen LogP contribution in [0, 0.1) is 23.7 Å². The molecule has 436 valence electrons. The summed E-state index contributed by atoms with van der Waals surface area (Å²) in [5, 5.41) is 71.3. The van der Waals surface area contributed by atoms with Gasteiger partial charge in [-0.05, 0) is 95.9 Å². The number of carbonyl (C=O) groups is 10. The molecule has 1 saturated heterocycles. The van der Waals surface area contributed by atoms with Crippen molar-refractivity contribution < 1.29 is 78.6 Å². The van der Waals surface area contributed by atoms with Crippen LogP contribution >= 0.6 is 0 Å². The first-order chi connectivity index (χ1) is 38.1. The maximum atomic E-state index is 14.7. The van der Waals surface area contributed by atoms with E-state index < -0.39 is 78.7 Å². The predicted octanol–water partition coefficient (Wildman–Crippen LogP) is 0.973. The van der Waals surface area contributed by atoms with Gasteiger partial charge in [-0.2, -0.15) is 0 Å². The molecule has 3 aliphatic rings. The van der Waals surface area contributed by atoms with Crippen molar-refractivity contribution >= 4 is 81.1 Å². The van der Waals surface area contributed by atoms with E-state index in [0.29, 0.717) is 51.7 Å². The molecule has 3 fully saturated rings. The first kappa shape index (κ1) is 61.7. The molecule has 0 radical (unpaired) electrons. The summed E-state index contributed by atoms with van der Waals surface area (Å²) in [6, 6.07) is 12.7. The van der Waals surface area contributed by atoms with Crippen LogP contribution < -0.4 is 21.3 Å². The topological polar surface area (TPSA) is 356 Å². The molecule has 10 N–H and O–H groups in total. The van der Waals surface area contributed by atoms with Crippen LogP contribution in [0.4, 0.5) is 4.79 Å². The van der Waals surface area contributed by atoms with Crippen LogP contribution in [0.15, 0.2) is 54.6 Å². The van der Waals surface area contributed by atoms with E-state index in [2.05, 4.69) is 27.3 Å². The number of fused-ring (bicyclic) bond motifs is 2. The number of carboxylic acid groups (broad SMARTS) is 6. The summed E-state index contributed by atoms with van der Waals surface area (Å²) in [5.74, 6) is -8.91. The Kier molecular flexibility index (Phi) is 22.9. The van der Waals surface area contributed by atoms with Gasteiger partial charge >= 0.3 is 41.8 Å². The number of aliphatic carboxylic acids is 6. The zero-order chi connectivity index (χ0) is 58.0. The molecule has 1 heterocycles. The number of carbonyl (C=O) groups excluding carboxylic acids is 4. The van der Waals surface area contributed by atoms with Crippen molar-refractivity contribution in [1.82, 2.24) is 45.8 Å². The third-order valence-corrected chi connectivity index (χ3v) is 15.4. The van der Waals surface area contributed by atoms with Crippen molar-refractivity contribution in [2.75, 3.05) is 98.7 Å². The monoisotopic (exact) mass is 1120 g/mol. The lowest BCUT2D eigenvalue weighted by Crippen LogP contribution is -2.51. The highest BCUT2D eigenvalue weighted by atomic mass is 16.4. The Labute approximate surface area is 462 Å². The minimum absolute atomic E-state index is 0.0155. The fourth-order valence-electron chi connectivity index (χ4n) is 10.9. The van der Waals surface area contributed by atoms with E-state index in [9.17, 15) is 73.5 Å². The molecule has 0 aromatic heterocycles. The van der Waals surface area contributed by atoms with E-state index in [0.717, 1.165) is 27.1 Å². The number of hydrogen-bond acceptors (Lipinski definition) is 14. The van der Waals surface area contributed by atoms with Crippen molar-refractivity contribution in [3.05, 3.63) is 60.2 Å². The van der Waals surface area contributed by atoms with Gasteiger partial charge in [-0.1, -0.05) is 48.5 Å². The normalized spacial score (nSPS) is 20.9. The molecular weight excluding hydrogens is 1040 g/mol. The van der Waals surface area contributed by atoms with Crippen LogP contribution in [0.2, 0.25) is 0 Å². The summed E-state index contributed by atoms with van der Waals surface area (Å²) in [5.41, 5.74) is 0.878. The van der Waals surface area contributed by atoms with Crippen LogP contribution in [0.25, 0.3) is 21.5 Å². The number of benzene rings is 3. The van der Waals surface area contributed by atoms with Crippen molar-refractivity contribution in [1.29, 1.82) is 0 Å². The minimum atomic E-state index is -1.56. The molecule has 6 rings (SSSR count). The zero-order valence-electron chi connectivity index (χ0n) is 45.0. The number of nitrogens with one attached hydrogen (secondary N) is 4. The first-order valence-electron chi connectivity index (χ1n) is 27.1. The van der Waals surface area contributed by atoms with E-state index in [1.54, 1.807) is 21.7 Å². The molecule has 3 aromatic rings. The summed E-state index contributed by atoms with van der Waals surface area (Å²) in [6.07, 6.45) is 1.96. The predicted molar refractivity (Wildman–Crippen MR) is 289 cm³/mol. The summed E-state index contributed by atoms with van der Waals surface area (Å²) in [7, 11) is 1.63. The molecule has 2 saturated carbocycles. The Morgan fingerprint density at radius 3 is 1.52 bits per heavy atom. The van der Waals surface area contributed by atoms with Crippen LogP contribution in [0.3, 0.4) is 0 Å². The van der Waals surface area contributed by atoms with Crippen LogP contribution in [0.5, 0.6) is 0 Å². The van der Waals surface area contributed by atoms with E-state index in [-0.39, 0.29) is 120 Å². The van der Waals surface area contributed by atoms with E-state index in [1.807, 2.05) is 53.4 Å². The highest BCUT2D eigenvalue weighted by Crippen LogP contribution is 2.43. The zero-order valence-corrected chi connectivity index (χ0v) is 45.0. The molecule has 1 aliphatic heterocycles. The Bertz CT molecular complexity index is 2630. The molecule has 25 nitrogen and oxygen atoms in total. The summed E-state index contributed by atoms with van der Waals surface area (Å²) < 4.78 is 0. The Hall–Kier alpha value is -7.48. The van der Waals surface area contributed by atoms with Crippen molar-refractivity contribution in [3.8, 4) is 0 Å². The number of hydrogen-bond donors (Lipinski definition) is 10. The largest absolute Gasteiger partial charge is 0.481 e. The summed E-state index contributed by atoms with van der Waals surface area (Å²) in [4.78, 5) is 133. The van der Waals surface area contributed by atoms with Gasteiger partial charge in [0.2, 0.25) is 17.7 Å². The fraction of sp³-hybridized carbons (Fsp3) is 0.564. The number of carboxylic acids is 6. The summed E-state index contributed by atoms with van der Waals surface area (Å²) >= 11 is 0. The Morgan fingerprint density at radius 1 is 0.575 bits per heavy atom. The van der Waals surface area contributed by atoms with Gasteiger partial charge in [-0.25, -0.2) is 14.4 Å². The van der Waals surface area contributed by atoms with Gasteiger partial charge < -0.3 is 56.8 Å². The molecule has 80 heavy (non-hydrogen) atoms. The van der Waals surface area contributed by atoms with Crippen molar-refractivity contribution in [3.63, 3.8) is 0 Å². The number of amides is 5. The quantitative estimate of drug-likeness (QED) is 0.0501. The Balaban J connectivity index is 1.07. The van der Waals surface area contributed by atoms with Gasteiger partial charge in [-0.3, -0.25) is 53.2 Å². The minimum Gasteiger partial charge on any atom is -0.481 e. The second kappa shape index (κ2) is 29.7. The van der Waals surface area contributed by atoms with Crippen LogP contribution in [-0.4, -0.2) is 232 Å². The average Bonchev–Trinajstić information content (AvgIpc) is 4.16. The van der Waals surface area contributed by atoms with Crippen molar-refractivity contribution in [2.24, 2.45) is 23.7 Å². The van der Waals surface area contributed by atoms with Crippen molar-refractivity contribution in [2.45, 2.75) is 75.9 Å². The van der Waals surface area contributed by atoms with Gasteiger partial charge in [0, 0.05) is 91.3 Å². The number of likely N-dealkylation sites (N-methyl/N-ethyl adjacent to an activating group) is 1. The molecule has 3 aromatic carbocycles. The fourth-order valence-corrected chi connectivity index (χ4v) is 10.9. The lowest BCUT2D eigenvalue weighted by molar-refractivity contribution is -0.141. The highest BCUT2D eigenvalue weighted by Gasteiger charge is 2.43. The summed E-state index contributed by atoms with van der Waals surface area (Å²) in [6.45, 7) is 1.81. The maximum Gasteiger partial charge on any atom is 0.326 e. The molecule has 5 amide bonds. The SMILES string of the molecule is CN(C[C@H]1C[C@@H]1C[C@H](NC(=O)N[C@@H](CCC(=O)O)C(=O)O)C(=O)O)C(=O)[C@H](Cc1c2ccccc2cc2ccccc12)NC(=O)[C@H]1CC[C@H](CNC(=O)CN2CCN(CC(=O)O)CCN(CC(=O)O)CCN(CC(=O)O)CC2)CC1. The number of rotatable bonds is 26. The standard InChI is InChI=1S/C55H75N9O16/c1-60(29-39-25-38(39)26-45(54(78)79)59-55(80)58-43(53(76)77)14-15-47(66)67)52(75)44(27-42-40-8-4-2-6-36(40)24-37-7-3-5-9-41(37)42)57-51(74)35-12-10-34(11-13-35)28-56-46(65)30-61-16-18-62(31-48(68)69)20-22-64(33-50(72)73)23-21-63(19-17-61)32-49(70)71/h2-9,24,34-35,38-39,43-45H,10-23,25-33H2,1H3,(H,56,65)(H,57,74)(H,66,67)(H,68,69)(H,70,71)(H,72,73)(H,76,77)(H,78,79)(H2,58,59,80)/t34-,35-,38-,39-,43+,44+,45+/m1/s1. The molecule has 2 aliphatic carbocycles. The van der Waals surface area contributed by atoms with E-state index >= 15 is 0 Å². The van der Waals surface area contributed by atoms with Crippen LogP contribution in [-0.2, 0) is 49.6 Å². The van der Waals surface area contributed by atoms with E-state index in [4.69, 9.17) is 5.11 Å². The third kappa shape index (κ3) is 19.4. The Morgan fingerprint density at radius 2 is 1.05 bits per heavy atom. The van der Waals surface area contributed by atoms with Gasteiger partial charge in [-0.15, -0.1) is 0 Å². The third-order valence-electron chi connectivity index (χ3n) is 15.4. The second-order valence-electron chi connectivity index (χ2n) is 21.4. The molecule has 0 unspecified atom stereocenters. The first-order valence-corrected chi connectivity index (χ1v) is 27.1. The maximum absolute atomic E-state index is 14.7. The van der Waals surface area contributed by atoms with Gasteiger partial charge in [0.15, 0.2) is 0 Å². The number of urea groups is 1. The molecule has 0 bridgehead atoms. The lowest BCUT2D eigenvalue weighted by Gasteiger charge is -2.33. The van der Waals surface area contributed by atoms with Gasteiger partial charge in [0.1, 0.15) is 18.1 Å². The second-order valence-corrected chi connectivity index (χ2v) is 21.4. The average molecular weight is 1120 g/mol. The lowest BCUT2D eigenvalue weighted by atomic mass is 9.81. The van der Waals surface area contributed by atoms with Gasteiger partial charge in [0.25, 0.3) is 0 Å². The smallest absolute Gasteiger partial charge is 0.326 e. The van der Waals surface area contributed by atoms with Crippen LogP contribution in [0.1, 0.15) is 56.9 Å². The van der Waals surface area contributed by atoms with Gasteiger partial charge in [0.05, 0.1) is 26.2 Å². The van der Waals surface area contributed by atoms with E-state index in [1.165, 1.54) is 4.90 Å². The number of nitrogens with zero attached hydrogens (tertiary/aromatic N) is 5. The molecule has 5 atom stereocenters. The molecular formula is C55H75N9O16.